The minimum Gasteiger partial charge on any atom is -0.481 e. The number of ether oxygens (including phenoxy) is 1. The van der Waals surface area contributed by atoms with Crippen molar-refractivity contribution >= 4 is 27.8 Å². The summed E-state index contributed by atoms with van der Waals surface area (Å²) in [6.07, 6.45) is -0.175. The van der Waals surface area contributed by atoms with Gasteiger partial charge in [-0.15, -0.1) is 0 Å². The van der Waals surface area contributed by atoms with Crippen LogP contribution >= 0.6 is 15.9 Å². The van der Waals surface area contributed by atoms with E-state index in [9.17, 15) is 9.59 Å². The summed E-state index contributed by atoms with van der Waals surface area (Å²) in [5.41, 5.74) is 0.733. The van der Waals surface area contributed by atoms with Crippen LogP contribution in [0.4, 0.5) is 0 Å². The van der Waals surface area contributed by atoms with Gasteiger partial charge >= 0.3 is 5.97 Å². The third-order valence-corrected chi connectivity index (χ3v) is 2.73. The van der Waals surface area contributed by atoms with Gasteiger partial charge in [0.15, 0.2) is 0 Å². The predicted octanol–water partition coefficient (Wildman–Crippen LogP) is 1.73. The van der Waals surface area contributed by atoms with Gasteiger partial charge in [0.2, 0.25) is 5.91 Å². The number of carbonyl (C=O) groups is 2. The maximum atomic E-state index is 11.5. The van der Waals surface area contributed by atoms with E-state index >= 15 is 0 Å². The molecular formula is C12H14BrNO4. The molecule has 0 saturated heterocycles. The van der Waals surface area contributed by atoms with Crippen LogP contribution in [0.5, 0.6) is 0 Å². The van der Waals surface area contributed by atoms with Gasteiger partial charge in [-0.05, 0) is 17.7 Å². The third-order valence-electron chi connectivity index (χ3n) is 2.24. The number of rotatable bonds is 6. The molecule has 0 unspecified atom stereocenters. The van der Waals surface area contributed by atoms with Gasteiger partial charge in [0.05, 0.1) is 12.5 Å². The summed E-state index contributed by atoms with van der Waals surface area (Å²) >= 11 is 3.31. The van der Waals surface area contributed by atoms with Gasteiger partial charge in [0.1, 0.15) is 6.61 Å². The first-order chi connectivity index (χ1) is 8.52. The lowest BCUT2D eigenvalue weighted by Crippen LogP contribution is -2.32. The molecule has 0 saturated carbocycles. The van der Waals surface area contributed by atoms with E-state index < -0.39 is 12.0 Å². The molecule has 0 bridgehead atoms. The molecule has 1 rings (SSSR count). The number of benzene rings is 1. The first-order valence-electron chi connectivity index (χ1n) is 5.28. The Hall–Kier alpha value is -1.40. The smallest absolute Gasteiger partial charge is 0.305 e. The van der Waals surface area contributed by atoms with Crippen molar-refractivity contribution in [2.24, 2.45) is 0 Å². The maximum Gasteiger partial charge on any atom is 0.305 e. The van der Waals surface area contributed by atoms with Gasteiger partial charge in [-0.25, -0.2) is 0 Å². The first-order valence-corrected chi connectivity index (χ1v) is 6.07. The lowest BCUT2D eigenvalue weighted by atomic mass is 10.0. The number of nitrogens with one attached hydrogen (secondary N) is 1. The highest BCUT2D eigenvalue weighted by atomic mass is 79.9. The van der Waals surface area contributed by atoms with Crippen molar-refractivity contribution in [3.63, 3.8) is 0 Å². The molecule has 98 valence electrons. The Morgan fingerprint density at radius 2 is 2.22 bits per heavy atom. The Morgan fingerprint density at radius 3 is 2.78 bits per heavy atom. The fourth-order valence-corrected chi connectivity index (χ4v) is 1.93. The van der Waals surface area contributed by atoms with E-state index in [4.69, 9.17) is 9.84 Å². The number of carbonyl (C=O) groups excluding carboxylic acids is 1. The third kappa shape index (κ3) is 4.85. The highest BCUT2D eigenvalue weighted by Crippen LogP contribution is 2.20. The van der Waals surface area contributed by atoms with Gasteiger partial charge in [-0.3, -0.25) is 9.59 Å². The topological polar surface area (TPSA) is 75.6 Å². The molecule has 0 fully saturated rings. The van der Waals surface area contributed by atoms with E-state index in [2.05, 4.69) is 21.2 Å². The molecule has 5 nitrogen and oxygen atoms in total. The molecule has 0 spiro atoms. The molecule has 18 heavy (non-hydrogen) atoms. The summed E-state index contributed by atoms with van der Waals surface area (Å²) in [6.45, 7) is -0.0931. The Kier molecular flexibility index (Phi) is 5.80. The Balaban J connectivity index is 2.84. The predicted molar refractivity (Wildman–Crippen MR) is 69.2 cm³/mol. The van der Waals surface area contributed by atoms with Gasteiger partial charge in [0.25, 0.3) is 0 Å². The fraction of sp³-hybridized carbons (Fsp3) is 0.333. The van der Waals surface area contributed by atoms with Crippen molar-refractivity contribution in [3.8, 4) is 0 Å². The number of hydrogen-bond acceptors (Lipinski definition) is 3. The number of aliphatic carboxylic acids is 1. The summed E-state index contributed by atoms with van der Waals surface area (Å²) in [4.78, 5) is 22.3. The second kappa shape index (κ2) is 7.13. The zero-order valence-electron chi connectivity index (χ0n) is 9.85. The number of carboxylic acids is 1. The number of methoxy groups -OCH3 is 1. The van der Waals surface area contributed by atoms with E-state index in [0.717, 1.165) is 10.0 Å². The van der Waals surface area contributed by atoms with Crippen LogP contribution in [0.15, 0.2) is 28.7 Å². The molecule has 0 aliphatic heterocycles. The minimum atomic E-state index is -0.974. The fourth-order valence-electron chi connectivity index (χ4n) is 1.52. The van der Waals surface area contributed by atoms with E-state index in [1.54, 1.807) is 18.2 Å². The van der Waals surface area contributed by atoms with Gasteiger partial charge in [-0.1, -0.05) is 28.1 Å². The van der Waals surface area contributed by atoms with Crippen molar-refractivity contribution in [1.82, 2.24) is 5.32 Å². The molecule has 0 aliphatic carbocycles. The quantitative estimate of drug-likeness (QED) is 0.838. The van der Waals surface area contributed by atoms with E-state index in [1.165, 1.54) is 7.11 Å². The Bertz CT molecular complexity index is 436. The van der Waals surface area contributed by atoms with Gasteiger partial charge < -0.3 is 15.2 Å². The van der Waals surface area contributed by atoms with E-state index in [1.807, 2.05) is 6.07 Å². The van der Waals surface area contributed by atoms with Crippen molar-refractivity contribution in [2.45, 2.75) is 12.5 Å². The second-order valence-corrected chi connectivity index (χ2v) is 4.62. The maximum absolute atomic E-state index is 11.5. The number of carboxylic acid groups (broad SMARTS) is 1. The van der Waals surface area contributed by atoms with Crippen LogP contribution in [0.25, 0.3) is 0 Å². The van der Waals surface area contributed by atoms with Crippen LogP contribution in [0, 0.1) is 0 Å². The van der Waals surface area contributed by atoms with Crippen LogP contribution in [0.3, 0.4) is 0 Å². The molecule has 6 heteroatoms. The van der Waals surface area contributed by atoms with Crippen LogP contribution < -0.4 is 5.32 Å². The van der Waals surface area contributed by atoms with Crippen LogP contribution in [0.1, 0.15) is 18.0 Å². The van der Waals surface area contributed by atoms with Crippen LogP contribution in [0.2, 0.25) is 0 Å². The Labute approximate surface area is 113 Å². The largest absolute Gasteiger partial charge is 0.481 e. The average Bonchev–Trinajstić information content (AvgIpc) is 2.28. The zero-order chi connectivity index (χ0) is 13.5. The molecule has 0 aliphatic rings. The van der Waals surface area contributed by atoms with E-state index in [-0.39, 0.29) is 18.9 Å². The lowest BCUT2D eigenvalue weighted by Gasteiger charge is -2.17. The molecule has 0 aromatic heterocycles. The van der Waals surface area contributed by atoms with Gasteiger partial charge in [0, 0.05) is 11.6 Å². The summed E-state index contributed by atoms with van der Waals surface area (Å²) in [5, 5.41) is 11.5. The Morgan fingerprint density at radius 1 is 1.50 bits per heavy atom. The van der Waals surface area contributed by atoms with E-state index in [0.29, 0.717) is 0 Å². The number of hydrogen-bond donors (Lipinski definition) is 2. The van der Waals surface area contributed by atoms with Crippen molar-refractivity contribution in [2.75, 3.05) is 13.7 Å². The zero-order valence-corrected chi connectivity index (χ0v) is 11.4. The standard InChI is InChI=1S/C12H14BrNO4/c1-18-7-11(15)14-10(6-12(16)17)8-3-2-4-9(13)5-8/h2-5,10H,6-7H2,1H3,(H,14,15)(H,16,17)/t10-/m1/s1. The van der Waals surface area contributed by atoms with Crippen molar-refractivity contribution in [1.29, 1.82) is 0 Å². The SMILES string of the molecule is COCC(=O)N[C@H](CC(=O)O)c1cccc(Br)c1. The monoisotopic (exact) mass is 315 g/mol. The molecule has 2 N–H and O–H groups in total. The summed E-state index contributed by atoms with van der Waals surface area (Å²) in [5.74, 6) is -1.32. The normalized spacial score (nSPS) is 11.9. The molecular weight excluding hydrogens is 302 g/mol. The number of amides is 1. The molecule has 1 aromatic rings. The minimum absolute atomic E-state index is 0.0931. The molecule has 1 aromatic carbocycles. The van der Waals surface area contributed by atoms with Crippen LogP contribution in [-0.2, 0) is 14.3 Å². The van der Waals surface area contributed by atoms with Gasteiger partial charge in [-0.2, -0.15) is 0 Å². The summed E-state index contributed by atoms with van der Waals surface area (Å²) in [7, 11) is 1.41. The summed E-state index contributed by atoms with van der Waals surface area (Å²) in [6, 6.07) is 6.60. The average molecular weight is 316 g/mol. The number of halogens is 1. The molecule has 0 radical (unpaired) electrons. The highest BCUT2D eigenvalue weighted by molar-refractivity contribution is 9.10. The van der Waals surface area contributed by atoms with Crippen molar-refractivity contribution < 1.29 is 19.4 Å². The second-order valence-electron chi connectivity index (χ2n) is 3.71. The lowest BCUT2D eigenvalue weighted by molar-refractivity contribution is -0.137. The molecule has 1 atom stereocenters. The summed E-state index contributed by atoms with van der Waals surface area (Å²) < 4.78 is 5.53. The van der Waals surface area contributed by atoms with Crippen molar-refractivity contribution in [3.05, 3.63) is 34.3 Å². The molecule has 0 heterocycles. The van der Waals surface area contributed by atoms with Crippen LogP contribution in [-0.4, -0.2) is 30.7 Å². The molecule has 1 amide bonds. The first kappa shape index (κ1) is 14.7. The highest BCUT2D eigenvalue weighted by Gasteiger charge is 2.18.